The number of ether oxygens (including phenoxy) is 1. The van der Waals surface area contributed by atoms with Crippen LogP contribution in [0.2, 0.25) is 0 Å². The summed E-state index contributed by atoms with van der Waals surface area (Å²) >= 11 is 0. The zero-order valence-corrected chi connectivity index (χ0v) is 7.32. The molecule has 0 spiro atoms. The molecule has 1 aromatic carbocycles. The molecule has 0 aromatic heterocycles. The molecule has 4 nitrogen and oxygen atoms in total. The van der Waals surface area contributed by atoms with Crippen molar-refractivity contribution in [3.8, 4) is 5.75 Å². The summed E-state index contributed by atoms with van der Waals surface area (Å²) in [5, 5.41) is 16.5. The van der Waals surface area contributed by atoms with E-state index in [4.69, 9.17) is 15.9 Å². The summed E-state index contributed by atoms with van der Waals surface area (Å²) in [5.41, 5.74) is 5.71. The minimum atomic E-state index is -1.05. The monoisotopic (exact) mass is 180 g/mol. The van der Waals surface area contributed by atoms with Gasteiger partial charge in [-0.25, -0.2) is 0 Å². The predicted octanol–water partition coefficient (Wildman–Crippen LogP) is 0.665. The molecular formula is C9H12N2O2. The molecule has 1 rings (SSSR count). The average Bonchev–Trinajstić information content (AvgIpc) is 2.16. The Kier molecular flexibility index (Phi) is 2.87. The van der Waals surface area contributed by atoms with Crippen LogP contribution in [0, 0.1) is 5.41 Å². The SMILES string of the molecule is COc1cccc([C@H](O)C(=N)N)c1. The number of hydrogen-bond acceptors (Lipinski definition) is 3. The van der Waals surface area contributed by atoms with E-state index < -0.39 is 6.10 Å². The Morgan fingerprint density at radius 3 is 2.85 bits per heavy atom. The molecule has 0 aliphatic heterocycles. The molecule has 13 heavy (non-hydrogen) atoms. The summed E-state index contributed by atoms with van der Waals surface area (Å²) in [6, 6.07) is 6.83. The van der Waals surface area contributed by atoms with Crippen LogP contribution in [0.15, 0.2) is 24.3 Å². The van der Waals surface area contributed by atoms with Crippen molar-refractivity contribution in [3.63, 3.8) is 0 Å². The highest BCUT2D eigenvalue weighted by Crippen LogP contribution is 2.18. The summed E-state index contributed by atoms with van der Waals surface area (Å²) in [4.78, 5) is 0. The van der Waals surface area contributed by atoms with Gasteiger partial charge in [0.05, 0.1) is 7.11 Å². The number of aliphatic hydroxyl groups excluding tert-OH is 1. The maximum atomic E-state index is 9.41. The highest BCUT2D eigenvalue weighted by molar-refractivity contribution is 5.82. The normalized spacial score (nSPS) is 12.2. The van der Waals surface area contributed by atoms with Crippen LogP contribution in [0.25, 0.3) is 0 Å². The molecule has 4 heteroatoms. The Labute approximate surface area is 76.5 Å². The van der Waals surface area contributed by atoms with Gasteiger partial charge < -0.3 is 15.6 Å². The van der Waals surface area contributed by atoms with Crippen molar-refractivity contribution in [1.82, 2.24) is 0 Å². The van der Waals surface area contributed by atoms with Crippen molar-refractivity contribution >= 4 is 5.84 Å². The van der Waals surface area contributed by atoms with Crippen LogP contribution in [0.5, 0.6) is 5.75 Å². The first-order valence-electron chi connectivity index (χ1n) is 3.81. The minimum absolute atomic E-state index is 0.270. The van der Waals surface area contributed by atoms with E-state index in [1.807, 2.05) is 0 Å². The first kappa shape index (κ1) is 9.54. The lowest BCUT2D eigenvalue weighted by atomic mass is 10.1. The van der Waals surface area contributed by atoms with E-state index >= 15 is 0 Å². The quantitative estimate of drug-likeness (QED) is 0.472. The molecule has 0 saturated heterocycles. The van der Waals surface area contributed by atoms with Crippen LogP contribution >= 0.6 is 0 Å². The fraction of sp³-hybridized carbons (Fsp3) is 0.222. The van der Waals surface area contributed by atoms with Crippen LogP contribution in [0.4, 0.5) is 0 Å². The molecule has 0 amide bonds. The van der Waals surface area contributed by atoms with E-state index in [2.05, 4.69) is 0 Å². The molecule has 0 fully saturated rings. The number of methoxy groups -OCH3 is 1. The zero-order chi connectivity index (χ0) is 9.84. The second-order valence-corrected chi connectivity index (χ2v) is 2.63. The molecule has 4 N–H and O–H groups in total. The molecule has 1 aromatic rings. The summed E-state index contributed by atoms with van der Waals surface area (Å²) in [6.45, 7) is 0. The largest absolute Gasteiger partial charge is 0.497 e. The maximum Gasteiger partial charge on any atom is 0.136 e. The number of hydrogen-bond donors (Lipinski definition) is 3. The van der Waals surface area contributed by atoms with Gasteiger partial charge in [0.15, 0.2) is 0 Å². The minimum Gasteiger partial charge on any atom is -0.497 e. The van der Waals surface area contributed by atoms with Crippen LogP contribution in [0.3, 0.4) is 0 Å². The van der Waals surface area contributed by atoms with Crippen LogP contribution in [-0.2, 0) is 0 Å². The number of aliphatic hydroxyl groups is 1. The van der Waals surface area contributed by atoms with E-state index in [0.29, 0.717) is 11.3 Å². The molecule has 1 atom stereocenters. The zero-order valence-electron chi connectivity index (χ0n) is 7.32. The van der Waals surface area contributed by atoms with Crippen molar-refractivity contribution in [1.29, 1.82) is 5.41 Å². The molecule has 0 aliphatic carbocycles. The van der Waals surface area contributed by atoms with Gasteiger partial charge in [0.25, 0.3) is 0 Å². The van der Waals surface area contributed by atoms with Gasteiger partial charge in [-0.15, -0.1) is 0 Å². The lowest BCUT2D eigenvalue weighted by molar-refractivity contribution is 0.244. The Bertz CT molecular complexity index is 312. The number of nitrogens with two attached hydrogens (primary N) is 1. The lowest BCUT2D eigenvalue weighted by Crippen LogP contribution is -2.19. The van der Waals surface area contributed by atoms with Gasteiger partial charge in [-0.1, -0.05) is 12.1 Å². The van der Waals surface area contributed by atoms with Crippen molar-refractivity contribution in [3.05, 3.63) is 29.8 Å². The Morgan fingerprint density at radius 1 is 1.62 bits per heavy atom. The van der Waals surface area contributed by atoms with Crippen LogP contribution < -0.4 is 10.5 Å². The van der Waals surface area contributed by atoms with Crippen LogP contribution in [-0.4, -0.2) is 18.1 Å². The Hall–Kier alpha value is -1.55. The molecule has 0 heterocycles. The van der Waals surface area contributed by atoms with Gasteiger partial charge in [0.1, 0.15) is 17.7 Å². The van der Waals surface area contributed by atoms with Crippen molar-refractivity contribution < 1.29 is 9.84 Å². The van der Waals surface area contributed by atoms with Crippen LogP contribution in [0.1, 0.15) is 11.7 Å². The molecule has 0 bridgehead atoms. The topological polar surface area (TPSA) is 79.3 Å². The number of benzene rings is 1. The number of rotatable bonds is 3. The summed E-state index contributed by atoms with van der Waals surface area (Å²) in [7, 11) is 1.54. The summed E-state index contributed by atoms with van der Waals surface area (Å²) in [5.74, 6) is 0.367. The molecule has 0 unspecified atom stereocenters. The van der Waals surface area contributed by atoms with Crippen molar-refractivity contribution in [2.24, 2.45) is 5.73 Å². The second-order valence-electron chi connectivity index (χ2n) is 2.63. The van der Waals surface area contributed by atoms with E-state index in [1.165, 1.54) is 0 Å². The van der Waals surface area contributed by atoms with Gasteiger partial charge >= 0.3 is 0 Å². The molecule has 0 saturated carbocycles. The molecular weight excluding hydrogens is 168 g/mol. The lowest BCUT2D eigenvalue weighted by Gasteiger charge is -2.09. The average molecular weight is 180 g/mol. The third-order valence-electron chi connectivity index (χ3n) is 1.70. The van der Waals surface area contributed by atoms with E-state index in [0.717, 1.165) is 0 Å². The fourth-order valence-electron chi connectivity index (χ4n) is 0.991. The van der Waals surface area contributed by atoms with Gasteiger partial charge in [-0.2, -0.15) is 0 Å². The molecule has 0 aliphatic rings. The maximum absolute atomic E-state index is 9.41. The number of nitrogens with one attached hydrogen (secondary N) is 1. The summed E-state index contributed by atoms with van der Waals surface area (Å²) < 4.78 is 4.96. The van der Waals surface area contributed by atoms with Crippen molar-refractivity contribution in [2.45, 2.75) is 6.10 Å². The number of amidine groups is 1. The summed E-state index contributed by atoms with van der Waals surface area (Å²) in [6.07, 6.45) is -1.05. The van der Waals surface area contributed by atoms with Gasteiger partial charge in [0, 0.05) is 0 Å². The molecule has 70 valence electrons. The van der Waals surface area contributed by atoms with E-state index in [1.54, 1.807) is 31.4 Å². The fourth-order valence-corrected chi connectivity index (χ4v) is 0.991. The van der Waals surface area contributed by atoms with Gasteiger partial charge in [-0.3, -0.25) is 5.41 Å². The van der Waals surface area contributed by atoms with E-state index in [9.17, 15) is 5.11 Å². The highest BCUT2D eigenvalue weighted by Gasteiger charge is 2.10. The predicted molar refractivity (Wildman–Crippen MR) is 49.9 cm³/mol. The van der Waals surface area contributed by atoms with Crippen molar-refractivity contribution in [2.75, 3.05) is 7.11 Å². The van der Waals surface area contributed by atoms with Gasteiger partial charge in [0.2, 0.25) is 0 Å². The Morgan fingerprint density at radius 2 is 2.31 bits per heavy atom. The smallest absolute Gasteiger partial charge is 0.136 e. The standard InChI is InChI=1S/C9H12N2O2/c1-13-7-4-2-3-6(5-7)8(12)9(10)11/h2-5,8,12H,1H3,(H3,10,11)/t8-/m0/s1. The third-order valence-corrected chi connectivity index (χ3v) is 1.70. The van der Waals surface area contributed by atoms with Gasteiger partial charge in [-0.05, 0) is 17.7 Å². The Balaban J connectivity index is 2.94. The van der Waals surface area contributed by atoms with E-state index in [-0.39, 0.29) is 5.84 Å². The third kappa shape index (κ3) is 2.19. The highest BCUT2D eigenvalue weighted by atomic mass is 16.5. The molecule has 0 radical (unpaired) electrons. The first-order chi connectivity index (χ1) is 6.15. The second kappa shape index (κ2) is 3.91. The first-order valence-corrected chi connectivity index (χ1v) is 3.81.